The third-order valence-electron chi connectivity index (χ3n) is 1.76. The maximum atomic E-state index is 5.79. The molecule has 2 aromatic rings. The summed E-state index contributed by atoms with van der Waals surface area (Å²) >= 11 is 4.05. The summed E-state index contributed by atoms with van der Waals surface area (Å²) < 4.78 is 2.42. The highest BCUT2D eigenvalue weighted by Crippen LogP contribution is 2.29. The molecule has 12 heavy (non-hydrogen) atoms. The first-order valence-corrected chi connectivity index (χ1v) is 5.51. The molecule has 0 amide bonds. The minimum Gasteiger partial charge on any atom is -0.398 e. The third-order valence-corrected chi connectivity index (χ3v) is 3.71. The molecule has 0 fully saturated rings. The van der Waals surface area contributed by atoms with Crippen LogP contribution in [0.25, 0.3) is 10.1 Å². The summed E-state index contributed by atoms with van der Waals surface area (Å²) in [6.07, 6.45) is 0. The van der Waals surface area contributed by atoms with E-state index in [2.05, 4.69) is 47.7 Å². The lowest BCUT2D eigenvalue weighted by atomic mass is 10.2. The number of hydrogen-bond acceptors (Lipinski definition) is 2. The zero-order valence-corrected chi connectivity index (χ0v) is 9.57. The van der Waals surface area contributed by atoms with Gasteiger partial charge >= 0.3 is 0 Å². The molecular weight excluding hydrogens is 281 g/mol. The van der Waals surface area contributed by atoms with Crippen LogP contribution in [-0.2, 0) is 0 Å². The van der Waals surface area contributed by atoms with Crippen molar-refractivity contribution < 1.29 is 0 Å². The highest BCUT2D eigenvalue weighted by atomic mass is 127. The Balaban J connectivity index is 2.83. The number of rotatable bonds is 0. The molecule has 0 radical (unpaired) electrons. The minimum atomic E-state index is 0.880. The van der Waals surface area contributed by atoms with Crippen LogP contribution in [0.1, 0.15) is 4.88 Å². The molecule has 0 saturated carbocycles. The molecule has 0 unspecified atom stereocenters. The van der Waals surface area contributed by atoms with E-state index >= 15 is 0 Å². The van der Waals surface area contributed by atoms with E-state index in [1.165, 1.54) is 15.0 Å². The molecule has 0 aliphatic rings. The number of benzene rings is 1. The van der Waals surface area contributed by atoms with Gasteiger partial charge in [0.05, 0.1) is 0 Å². The number of nitrogens with two attached hydrogens (primary N) is 1. The van der Waals surface area contributed by atoms with Gasteiger partial charge in [-0.25, -0.2) is 0 Å². The number of anilines is 1. The Hall–Kier alpha value is -0.290. The highest BCUT2D eigenvalue weighted by Gasteiger charge is 2.01. The standard InChI is InChI=1S/C9H8INS/c1-5-2-6-3-7(10)8(11)4-9(6)12-5/h2-4H,11H2,1H3. The number of fused-ring (bicyclic) bond motifs is 1. The Morgan fingerprint density at radius 1 is 1.33 bits per heavy atom. The predicted molar refractivity (Wildman–Crippen MR) is 63.7 cm³/mol. The van der Waals surface area contributed by atoms with Crippen molar-refractivity contribution in [2.24, 2.45) is 0 Å². The third kappa shape index (κ3) is 1.31. The molecule has 2 N–H and O–H groups in total. The van der Waals surface area contributed by atoms with E-state index in [1.807, 2.05) is 0 Å². The van der Waals surface area contributed by atoms with Crippen molar-refractivity contribution in [1.29, 1.82) is 0 Å². The maximum Gasteiger partial charge on any atom is 0.0464 e. The quantitative estimate of drug-likeness (QED) is 0.584. The molecule has 0 saturated heterocycles. The lowest BCUT2D eigenvalue weighted by Crippen LogP contribution is -1.86. The van der Waals surface area contributed by atoms with Gasteiger partial charge in [-0.3, -0.25) is 0 Å². The summed E-state index contributed by atoms with van der Waals surface area (Å²) in [5.74, 6) is 0. The lowest BCUT2D eigenvalue weighted by Gasteiger charge is -1.96. The number of halogens is 1. The van der Waals surface area contributed by atoms with Crippen LogP contribution in [0.15, 0.2) is 18.2 Å². The second kappa shape index (κ2) is 2.88. The minimum absolute atomic E-state index is 0.880. The van der Waals surface area contributed by atoms with Crippen LogP contribution in [0, 0.1) is 10.5 Å². The molecule has 0 bridgehead atoms. The molecule has 2 rings (SSSR count). The number of nitrogen functional groups attached to an aromatic ring is 1. The zero-order valence-electron chi connectivity index (χ0n) is 6.60. The van der Waals surface area contributed by atoms with E-state index in [0.29, 0.717) is 0 Å². The topological polar surface area (TPSA) is 26.0 Å². The van der Waals surface area contributed by atoms with Crippen molar-refractivity contribution in [2.75, 3.05) is 5.73 Å². The normalized spacial score (nSPS) is 10.8. The summed E-state index contributed by atoms with van der Waals surface area (Å²) in [4.78, 5) is 1.34. The molecule has 0 spiro atoms. The first-order valence-electron chi connectivity index (χ1n) is 3.62. The van der Waals surface area contributed by atoms with Gasteiger partial charge in [-0.1, -0.05) is 0 Å². The Kier molecular flexibility index (Phi) is 2.00. The van der Waals surface area contributed by atoms with Crippen LogP contribution in [0.2, 0.25) is 0 Å². The van der Waals surface area contributed by atoms with Gasteiger partial charge in [-0.05, 0) is 53.1 Å². The molecule has 0 aliphatic carbocycles. The monoisotopic (exact) mass is 289 g/mol. The van der Waals surface area contributed by atoms with Crippen LogP contribution in [-0.4, -0.2) is 0 Å². The second-order valence-corrected chi connectivity index (χ2v) is 5.22. The van der Waals surface area contributed by atoms with Crippen LogP contribution in [0.5, 0.6) is 0 Å². The zero-order chi connectivity index (χ0) is 8.72. The van der Waals surface area contributed by atoms with Crippen molar-refractivity contribution in [3.05, 3.63) is 26.6 Å². The van der Waals surface area contributed by atoms with E-state index in [0.717, 1.165) is 9.26 Å². The van der Waals surface area contributed by atoms with Gasteiger partial charge in [0.1, 0.15) is 0 Å². The van der Waals surface area contributed by atoms with Crippen molar-refractivity contribution in [1.82, 2.24) is 0 Å². The average Bonchev–Trinajstić information content (AvgIpc) is 2.30. The highest BCUT2D eigenvalue weighted by molar-refractivity contribution is 14.1. The fourth-order valence-electron chi connectivity index (χ4n) is 1.21. The van der Waals surface area contributed by atoms with Crippen LogP contribution in [0.3, 0.4) is 0 Å². The Morgan fingerprint density at radius 2 is 2.08 bits per heavy atom. The fraction of sp³-hybridized carbons (Fsp3) is 0.111. The Labute approximate surface area is 88.7 Å². The van der Waals surface area contributed by atoms with E-state index in [1.54, 1.807) is 11.3 Å². The first kappa shape index (κ1) is 8.31. The van der Waals surface area contributed by atoms with Crippen molar-refractivity contribution in [3.8, 4) is 0 Å². The number of hydrogen-bond donors (Lipinski definition) is 1. The lowest BCUT2D eigenvalue weighted by molar-refractivity contribution is 1.65. The summed E-state index contributed by atoms with van der Waals surface area (Å²) in [5.41, 5.74) is 6.67. The first-order chi connectivity index (χ1) is 5.66. The predicted octanol–water partition coefficient (Wildman–Crippen LogP) is 3.40. The molecule has 3 heteroatoms. The summed E-state index contributed by atoms with van der Waals surface area (Å²) in [6.45, 7) is 2.12. The van der Waals surface area contributed by atoms with Gasteiger partial charge in [0.2, 0.25) is 0 Å². The molecule has 1 aromatic heterocycles. The average molecular weight is 289 g/mol. The van der Waals surface area contributed by atoms with E-state index in [9.17, 15) is 0 Å². The maximum absolute atomic E-state index is 5.79. The largest absolute Gasteiger partial charge is 0.398 e. The van der Waals surface area contributed by atoms with Crippen LogP contribution in [0.4, 0.5) is 5.69 Å². The van der Waals surface area contributed by atoms with Gasteiger partial charge in [0.25, 0.3) is 0 Å². The molecule has 1 aromatic carbocycles. The second-order valence-electron chi connectivity index (χ2n) is 2.77. The molecule has 0 atom stereocenters. The molecular formula is C9H8INS. The molecule has 0 aliphatic heterocycles. The molecule has 1 nitrogen and oxygen atoms in total. The van der Waals surface area contributed by atoms with Crippen molar-refractivity contribution >= 4 is 49.7 Å². The van der Waals surface area contributed by atoms with Crippen LogP contribution < -0.4 is 5.73 Å². The summed E-state index contributed by atoms with van der Waals surface area (Å²) in [6, 6.07) is 6.38. The van der Waals surface area contributed by atoms with Crippen LogP contribution >= 0.6 is 33.9 Å². The number of thiophene rings is 1. The van der Waals surface area contributed by atoms with Gasteiger partial charge in [0.15, 0.2) is 0 Å². The summed E-state index contributed by atoms with van der Waals surface area (Å²) in [5, 5.41) is 1.30. The number of aryl methyl sites for hydroxylation is 1. The smallest absolute Gasteiger partial charge is 0.0464 e. The van der Waals surface area contributed by atoms with Gasteiger partial charge in [-0.2, -0.15) is 0 Å². The van der Waals surface area contributed by atoms with E-state index < -0.39 is 0 Å². The van der Waals surface area contributed by atoms with Crippen molar-refractivity contribution in [2.45, 2.75) is 6.92 Å². The Morgan fingerprint density at radius 3 is 2.83 bits per heavy atom. The SMILES string of the molecule is Cc1cc2cc(I)c(N)cc2s1. The van der Waals surface area contributed by atoms with Gasteiger partial charge in [-0.15, -0.1) is 11.3 Å². The Bertz CT molecular complexity index is 394. The molecule has 1 heterocycles. The van der Waals surface area contributed by atoms with Gasteiger partial charge in [0, 0.05) is 18.8 Å². The van der Waals surface area contributed by atoms with Gasteiger partial charge < -0.3 is 5.73 Å². The molecule has 62 valence electrons. The van der Waals surface area contributed by atoms with E-state index in [4.69, 9.17) is 5.73 Å². The van der Waals surface area contributed by atoms with E-state index in [-0.39, 0.29) is 0 Å². The summed E-state index contributed by atoms with van der Waals surface area (Å²) in [7, 11) is 0. The fourth-order valence-corrected chi connectivity index (χ4v) is 2.65. The van der Waals surface area contributed by atoms with Crippen molar-refractivity contribution in [3.63, 3.8) is 0 Å².